The number of para-hydroxylation sites is 2. The minimum absolute atomic E-state index is 0.0109. The van der Waals surface area contributed by atoms with E-state index in [2.05, 4.69) is 10.6 Å². The van der Waals surface area contributed by atoms with E-state index in [1.165, 1.54) is 0 Å². The van der Waals surface area contributed by atoms with Gasteiger partial charge in [-0.15, -0.1) is 0 Å². The zero-order valence-corrected chi connectivity index (χ0v) is 13.7. The number of benzene rings is 2. The highest BCUT2D eigenvalue weighted by Gasteiger charge is 2.10. The number of anilines is 2. The van der Waals surface area contributed by atoms with E-state index in [4.69, 9.17) is 27.9 Å². The van der Waals surface area contributed by atoms with Crippen LogP contribution in [-0.4, -0.2) is 12.1 Å². The Labute approximate surface area is 139 Å². The van der Waals surface area contributed by atoms with Crippen molar-refractivity contribution >= 4 is 40.6 Å². The summed E-state index contributed by atoms with van der Waals surface area (Å²) < 4.78 is 5.65. The molecule has 2 aromatic carbocycles. The Morgan fingerprint density at radius 1 is 1.05 bits per heavy atom. The van der Waals surface area contributed by atoms with Crippen LogP contribution in [0.1, 0.15) is 13.8 Å². The molecule has 6 heteroatoms. The van der Waals surface area contributed by atoms with Crippen molar-refractivity contribution in [2.75, 3.05) is 10.6 Å². The highest BCUT2D eigenvalue weighted by atomic mass is 35.5. The number of ether oxygens (including phenoxy) is 1. The summed E-state index contributed by atoms with van der Waals surface area (Å²) in [4.78, 5) is 12.1. The quantitative estimate of drug-likeness (QED) is 0.781. The molecular weight excluding hydrogens is 323 g/mol. The number of hydrogen-bond acceptors (Lipinski definition) is 2. The van der Waals surface area contributed by atoms with Gasteiger partial charge in [-0.25, -0.2) is 4.79 Å². The lowest BCUT2D eigenvalue weighted by Gasteiger charge is -2.15. The monoisotopic (exact) mass is 338 g/mol. The average molecular weight is 339 g/mol. The molecule has 22 heavy (non-hydrogen) atoms. The summed E-state index contributed by atoms with van der Waals surface area (Å²) in [6.45, 7) is 3.84. The molecule has 0 saturated heterocycles. The first kappa shape index (κ1) is 16.5. The molecule has 2 rings (SSSR count). The van der Waals surface area contributed by atoms with Gasteiger partial charge in [0, 0.05) is 5.02 Å². The Kier molecular flexibility index (Phi) is 5.52. The van der Waals surface area contributed by atoms with Crippen LogP contribution in [0.2, 0.25) is 10.0 Å². The molecule has 0 fully saturated rings. The number of carbonyl (C=O) groups excluding carboxylic acids is 1. The summed E-state index contributed by atoms with van der Waals surface area (Å²) in [5, 5.41) is 6.29. The summed E-state index contributed by atoms with van der Waals surface area (Å²) in [5.74, 6) is 0.606. The maximum absolute atomic E-state index is 12.1. The largest absolute Gasteiger partial charge is 0.489 e. The molecule has 0 aliphatic heterocycles. The zero-order chi connectivity index (χ0) is 16.1. The van der Waals surface area contributed by atoms with Crippen molar-refractivity contribution in [1.29, 1.82) is 0 Å². The van der Waals surface area contributed by atoms with Crippen molar-refractivity contribution in [3.8, 4) is 5.75 Å². The molecule has 0 aromatic heterocycles. The van der Waals surface area contributed by atoms with E-state index in [-0.39, 0.29) is 6.10 Å². The minimum atomic E-state index is -0.413. The average Bonchev–Trinajstić information content (AvgIpc) is 2.43. The molecule has 0 radical (unpaired) electrons. The Bertz CT molecular complexity index is 675. The third-order valence-corrected chi connectivity index (χ3v) is 3.23. The van der Waals surface area contributed by atoms with Crippen LogP contribution in [0.25, 0.3) is 0 Å². The van der Waals surface area contributed by atoms with Crippen LogP contribution in [0, 0.1) is 0 Å². The van der Waals surface area contributed by atoms with Crippen molar-refractivity contribution in [2.24, 2.45) is 0 Å². The number of amides is 2. The molecule has 0 spiro atoms. The van der Waals surface area contributed by atoms with E-state index in [0.717, 1.165) is 0 Å². The van der Waals surface area contributed by atoms with Crippen LogP contribution in [-0.2, 0) is 0 Å². The number of hydrogen-bond donors (Lipinski definition) is 2. The summed E-state index contributed by atoms with van der Waals surface area (Å²) in [7, 11) is 0. The van der Waals surface area contributed by atoms with Crippen LogP contribution >= 0.6 is 23.2 Å². The highest BCUT2D eigenvalue weighted by Crippen LogP contribution is 2.27. The van der Waals surface area contributed by atoms with Crippen LogP contribution < -0.4 is 15.4 Å². The SMILES string of the molecule is CC(C)Oc1ccccc1NC(=O)Nc1ccc(Cl)cc1Cl. The number of rotatable bonds is 4. The van der Waals surface area contributed by atoms with Gasteiger partial charge in [0.1, 0.15) is 5.75 Å². The third kappa shape index (κ3) is 4.55. The van der Waals surface area contributed by atoms with Gasteiger partial charge in [0.2, 0.25) is 0 Å². The Balaban J connectivity index is 2.09. The Morgan fingerprint density at radius 3 is 2.41 bits per heavy atom. The Morgan fingerprint density at radius 2 is 1.73 bits per heavy atom. The second-order valence-corrected chi connectivity index (χ2v) is 5.71. The maximum atomic E-state index is 12.1. The predicted octanol–water partition coefficient (Wildman–Crippen LogP) is 5.42. The number of carbonyl (C=O) groups is 1. The fourth-order valence-electron chi connectivity index (χ4n) is 1.79. The third-order valence-electron chi connectivity index (χ3n) is 2.68. The molecule has 0 aliphatic rings. The standard InChI is InChI=1S/C16H16Cl2N2O2/c1-10(2)22-15-6-4-3-5-14(15)20-16(21)19-13-8-7-11(17)9-12(13)18/h3-10H,1-2H3,(H2,19,20,21). The topological polar surface area (TPSA) is 50.4 Å². The van der Waals surface area contributed by atoms with Gasteiger partial charge in [-0.1, -0.05) is 35.3 Å². The molecule has 116 valence electrons. The number of nitrogens with one attached hydrogen (secondary N) is 2. The van der Waals surface area contributed by atoms with E-state index in [0.29, 0.717) is 27.2 Å². The smallest absolute Gasteiger partial charge is 0.323 e. The van der Waals surface area contributed by atoms with E-state index in [1.54, 1.807) is 30.3 Å². The van der Waals surface area contributed by atoms with Gasteiger partial charge in [-0.3, -0.25) is 0 Å². The molecule has 2 amide bonds. The second-order valence-electron chi connectivity index (χ2n) is 4.87. The van der Waals surface area contributed by atoms with Crippen LogP contribution in [0.4, 0.5) is 16.2 Å². The fourth-order valence-corrected chi connectivity index (χ4v) is 2.25. The second kappa shape index (κ2) is 7.38. The lowest BCUT2D eigenvalue weighted by Crippen LogP contribution is -2.20. The normalized spacial score (nSPS) is 10.4. The maximum Gasteiger partial charge on any atom is 0.323 e. The first-order valence-corrected chi connectivity index (χ1v) is 7.50. The van der Waals surface area contributed by atoms with Crippen LogP contribution in [0.5, 0.6) is 5.75 Å². The molecular formula is C16H16Cl2N2O2. The van der Waals surface area contributed by atoms with Crippen molar-refractivity contribution in [2.45, 2.75) is 20.0 Å². The molecule has 2 aromatic rings. The number of halogens is 2. The predicted molar refractivity (Wildman–Crippen MR) is 91.3 cm³/mol. The molecule has 4 nitrogen and oxygen atoms in total. The first-order chi connectivity index (χ1) is 10.5. The number of urea groups is 1. The van der Waals surface area contributed by atoms with Crippen molar-refractivity contribution in [1.82, 2.24) is 0 Å². The molecule has 0 heterocycles. The molecule has 0 atom stereocenters. The van der Waals surface area contributed by atoms with Gasteiger partial charge in [0.15, 0.2) is 0 Å². The molecule has 0 saturated carbocycles. The minimum Gasteiger partial charge on any atom is -0.489 e. The molecule has 0 unspecified atom stereocenters. The van der Waals surface area contributed by atoms with Gasteiger partial charge < -0.3 is 15.4 Å². The van der Waals surface area contributed by atoms with Gasteiger partial charge in [-0.2, -0.15) is 0 Å². The van der Waals surface area contributed by atoms with Crippen molar-refractivity contribution in [3.63, 3.8) is 0 Å². The lowest BCUT2D eigenvalue weighted by atomic mass is 10.3. The molecule has 0 aliphatic carbocycles. The van der Waals surface area contributed by atoms with Crippen molar-refractivity contribution < 1.29 is 9.53 Å². The van der Waals surface area contributed by atoms with Gasteiger partial charge >= 0.3 is 6.03 Å². The fraction of sp³-hybridized carbons (Fsp3) is 0.188. The summed E-state index contributed by atoms with van der Waals surface area (Å²) in [6.07, 6.45) is 0.0109. The van der Waals surface area contributed by atoms with Crippen LogP contribution in [0.3, 0.4) is 0 Å². The summed E-state index contributed by atoms with van der Waals surface area (Å²) >= 11 is 11.8. The van der Waals surface area contributed by atoms with Crippen molar-refractivity contribution in [3.05, 3.63) is 52.5 Å². The van der Waals surface area contributed by atoms with E-state index >= 15 is 0 Å². The lowest BCUT2D eigenvalue weighted by molar-refractivity contribution is 0.243. The van der Waals surface area contributed by atoms with Gasteiger partial charge in [0.25, 0.3) is 0 Å². The van der Waals surface area contributed by atoms with E-state index in [9.17, 15) is 4.79 Å². The van der Waals surface area contributed by atoms with Gasteiger partial charge in [-0.05, 0) is 44.2 Å². The van der Waals surface area contributed by atoms with Crippen LogP contribution in [0.15, 0.2) is 42.5 Å². The highest BCUT2D eigenvalue weighted by molar-refractivity contribution is 6.36. The summed E-state index contributed by atoms with van der Waals surface area (Å²) in [6, 6.07) is 11.7. The zero-order valence-electron chi connectivity index (χ0n) is 12.2. The summed E-state index contributed by atoms with van der Waals surface area (Å²) in [5.41, 5.74) is 1.06. The Hall–Kier alpha value is -1.91. The first-order valence-electron chi connectivity index (χ1n) is 6.74. The van der Waals surface area contributed by atoms with E-state index in [1.807, 2.05) is 26.0 Å². The molecule has 2 N–H and O–H groups in total. The van der Waals surface area contributed by atoms with Gasteiger partial charge in [0.05, 0.1) is 22.5 Å². The molecule has 0 bridgehead atoms. The van der Waals surface area contributed by atoms with E-state index < -0.39 is 6.03 Å².